The Morgan fingerprint density at radius 2 is 0.871 bits per heavy atom. The topological polar surface area (TPSA) is 267 Å². The van der Waals surface area contributed by atoms with Crippen LogP contribution in [0.5, 0.6) is 0 Å². The van der Waals surface area contributed by atoms with Crippen LogP contribution in [0.4, 0.5) is 0 Å². The predicted molar refractivity (Wildman–Crippen MR) is 259 cm³/mol. The molecule has 0 aromatic rings. The van der Waals surface area contributed by atoms with Gasteiger partial charge in [-0.1, -0.05) is 12.8 Å². The zero-order valence-electron chi connectivity index (χ0n) is 42.1. The Labute approximate surface area is 412 Å². The first-order valence-corrected chi connectivity index (χ1v) is 30.0. The Bertz CT molecular complexity index is 1980. The maximum absolute atomic E-state index is 15.0. The van der Waals surface area contributed by atoms with E-state index in [-0.39, 0.29) is 59.1 Å². The number of rotatable bonds is 26. The van der Waals surface area contributed by atoms with E-state index in [2.05, 4.69) is 14.3 Å². The summed E-state index contributed by atoms with van der Waals surface area (Å²) in [5.41, 5.74) is -0.882. The number of likely N-dealkylation sites (N-methyl/N-ethyl adjacent to an activating group) is 6. The highest BCUT2D eigenvalue weighted by atomic mass is 31.2. The molecule has 0 aliphatic carbocycles. The maximum Gasteiger partial charge on any atom is 0.472 e. The average molecular weight is 1080 g/mol. The van der Waals surface area contributed by atoms with Crippen LogP contribution in [-0.2, 0) is 68.7 Å². The summed E-state index contributed by atoms with van der Waals surface area (Å²) in [7, 11) is -6.61. The minimum Gasteiger partial charge on any atom is -0.396 e. The van der Waals surface area contributed by atoms with Crippen LogP contribution < -0.4 is 0 Å². The number of hydrogen-bond donors (Lipinski definition) is 2. The van der Waals surface area contributed by atoms with Crippen LogP contribution in [-0.4, -0.2) is 234 Å². The van der Waals surface area contributed by atoms with Gasteiger partial charge in [0.05, 0.1) is 50.3 Å². The number of aliphatic hydroxyl groups is 1. The standard InChI is InChI=1S/C40H77N9O17P4/c1-40(2,3)66-69(53,43-39-48(8)21-22-49(39)9)65-33-16-27-57-35(33)29-61-67(51,41-37-44(4)17-18-45(37)5)63-31-14-25-56-34(31)28-60-68(52,42-38-46(6)19-20-47(38)7)64-32-15-26-58-36(32)30-62-70(54,55)59-24-13-11-10-12-23-50/h31-36,50H,10-30H2,1-9H3,(H,54,55)/t31-,32-,33-,34-,35?,36-,67?,68?,69?/m1/s1. The summed E-state index contributed by atoms with van der Waals surface area (Å²) in [6.07, 6.45) is -2.01. The fourth-order valence-corrected chi connectivity index (χ4v) is 14.2. The minimum absolute atomic E-state index is 0.0151. The maximum atomic E-state index is 15.0. The molecule has 404 valence electrons. The second kappa shape index (κ2) is 25.2. The van der Waals surface area contributed by atoms with Gasteiger partial charge in [0.25, 0.3) is 0 Å². The molecule has 6 aliphatic rings. The number of ether oxygens (including phenoxy) is 3. The molecular weight excluding hydrogens is 1000 g/mol. The number of unbranched alkanes of at least 4 members (excludes halogenated alkanes) is 3. The normalized spacial score (nSPS) is 29.0. The molecule has 2 N–H and O–H groups in total. The molecule has 0 aromatic carbocycles. The fraction of sp³-hybridized carbons (Fsp3) is 0.925. The summed E-state index contributed by atoms with van der Waals surface area (Å²) >= 11 is 0. The number of phosphoric acid groups is 1. The lowest BCUT2D eigenvalue weighted by Gasteiger charge is -2.29. The van der Waals surface area contributed by atoms with E-state index in [1.807, 2.05) is 47.8 Å². The first-order chi connectivity index (χ1) is 33.0. The van der Waals surface area contributed by atoms with Gasteiger partial charge in [-0.05, 0) is 33.6 Å². The summed E-state index contributed by atoms with van der Waals surface area (Å²) in [6, 6.07) is 0. The largest absolute Gasteiger partial charge is 0.472 e. The second-order valence-corrected chi connectivity index (χ2v) is 25.4. The quantitative estimate of drug-likeness (QED) is 0.0913. The third kappa shape index (κ3) is 16.6. The van der Waals surface area contributed by atoms with Gasteiger partial charge in [-0.15, -0.1) is 14.3 Å². The molecule has 6 heterocycles. The van der Waals surface area contributed by atoms with E-state index in [4.69, 9.17) is 55.5 Å². The van der Waals surface area contributed by atoms with Crippen molar-refractivity contribution in [2.45, 2.75) is 108 Å². The van der Waals surface area contributed by atoms with Gasteiger partial charge in [0.15, 0.2) is 0 Å². The highest BCUT2D eigenvalue weighted by Gasteiger charge is 2.46. The van der Waals surface area contributed by atoms with E-state index in [0.717, 1.165) is 6.42 Å². The van der Waals surface area contributed by atoms with Gasteiger partial charge in [0.1, 0.15) is 18.3 Å². The highest BCUT2D eigenvalue weighted by Crippen LogP contribution is 2.58. The van der Waals surface area contributed by atoms with Gasteiger partial charge in [0.2, 0.25) is 17.9 Å². The van der Waals surface area contributed by atoms with E-state index in [1.165, 1.54) is 0 Å². The molecule has 0 aromatic heterocycles. The summed E-state index contributed by atoms with van der Waals surface area (Å²) in [6.45, 7) is 8.58. The molecule has 0 spiro atoms. The van der Waals surface area contributed by atoms with E-state index >= 15 is 4.57 Å². The summed E-state index contributed by atoms with van der Waals surface area (Å²) < 4.78 is 136. The Morgan fingerprint density at radius 3 is 1.24 bits per heavy atom. The van der Waals surface area contributed by atoms with Gasteiger partial charge in [-0.25, -0.2) is 18.3 Å². The van der Waals surface area contributed by atoms with Crippen LogP contribution in [0.2, 0.25) is 0 Å². The zero-order valence-corrected chi connectivity index (χ0v) is 45.7. The van der Waals surface area contributed by atoms with Crippen LogP contribution in [0.15, 0.2) is 14.3 Å². The summed E-state index contributed by atoms with van der Waals surface area (Å²) in [4.78, 5) is 21.3. The van der Waals surface area contributed by atoms with Gasteiger partial charge in [0, 0.05) is 127 Å². The molecule has 6 aliphatic heterocycles. The first kappa shape index (κ1) is 57.5. The lowest BCUT2D eigenvalue weighted by Crippen LogP contribution is -2.33. The number of hydrogen-bond acceptors (Lipinski definition) is 16. The molecule has 0 radical (unpaired) electrons. The summed E-state index contributed by atoms with van der Waals surface area (Å²) in [5.74, 6) is 1.18. The van der Waals surface area contributed by atoms with E-state index in [9.17, 15) is 18.6 Å². The van der Waals surface area contributed by atoms with Gasteiger partial charge >= 0.3 is 31.1 Å². The van der Waals surface area contributed by atoms with Crippen molar-refractivity contribution < 1.29 is 78.7 Å². The van der Waals surface area contributed by atoms with Crippen LogP contribution in [0, 0.1) is 0 Å². The molecule has 26 nitrogen and oxygen atoms in total. The Hall–Kier alpha value is -1.79. The van der Waals surface area contributed by atoms with Crippen LogP contribution in [0.3, 0.4) is 0 Å². The highest BCUT2D eigenvalue weighted by molar-refractivity contribution is 7.53. The van der Waals surface area contributed by atoms with Crippen molar-refractivity contribution in [1.82, 2.24) is 29.4 Å². The Kier molecular flexibility index (Phi) is 20.7. The predicted octanol–water partition coefficient (Wildman–Crippen LogP) is 4.07. The second-order valence-electron chi connectivity index (χ2n) is 19.2. The van der Waals surface area contributed by atoms with Crippen molar-refractivity contribution in [2.75, 3.05) is 134 Å². The molecule has 0 saturated carbocycles. The molecule has 0 amide bonds. The molecule has 6 rings (SSSR count). The number of guanidine groups is 3. The SMILES string of the molecule is CN1CCN(C)C1=NP(=O)(OC[C@H]1OCC[C@H]1OP(=O)(N=C1N(C)CCN1C)OCC1OCC[C@H]1OP(=O)(N=C1N(C)CCN1C)OC(C)(C)C)O[C@@H]1CCO[C@@H]1COP(=O)(O)OCCCCCCO. The van der Waals surface area contributed by atoms with Crippen molar-refractivity contribution in [1.29, 1.82) is 0 Å². The van der Waals surface area contributed by atoms with Crippen LogP contribution >= 0.6 is 31.1 Å². The van der Waals surface area contributed by atoms with Crippen molar-refractivity contribution in [3.63, 3.8) is 0 Å². The summed E-state index contributed by atoms with van der Waals surface area (Å²) in [5, 5.41) is 8.98. The molecule has 30 heteroatoms. The van der Waals surface area contributed by atoms with Gasteiger partial charge in [-0.2, -0.15) is 0 Å². The van der Waals surface area contributed by atoms with E-state index < -0.39 is 79.9 Å². The number of nitrogens with zero attached hydrogens (tertiary/aromatic N) is 9. The van der Waals surface area contributed by atoms with Crippen molar-refractivity contribution in [3.8, 4) is 0 Å². The first-order valence-electron chi connectivity index (χ1n) is 24.0. The van der Waals surface area contributed by atoms with E-state index in [0.29, 0.717) is 82.8 Å². The minimum atomic E-state index is -4.47. The Morgan fingerprint density at radius 1 is 0.529 bits per heavy atom. The molecule has 6 saturated heterocycles. The zero-order chi connectivity index (χ0) is 50.9. The van der Waals surface area contributed by atoms with Crippen LogP contribution in [0.25, 0.3) is 0 Å². The monoisotopic (exact) mass is 1080 g/mol. The molecule has 5 unspecified atom stereocenters. The third-order valence-electron chi connectivity index (χ3n) is 12.2. The third-order valence-corrected chi connectivity index (χ3v) is 17.7. The van der Waals surface area contributed by atoms with Crippen molar-refractivity contribution in [3.05, 3.63) is 0 Å². The van der Waals surface area contributed by atoms with Crippen LogP contribution in [0.1, 0.15) is 65.7 Å². The van der Waals surface area contributed by atoms with Gasteiger partial charge in [-0.3, -0.25) is 36.2 Å². The molecule has 70 heavy (non-hydrogen) atoms. The average Bonchev–Trinajstić information content (AvgIpc) is 4.17. The smallest absolute Gasteiger partial charge is 0.396 e. The molecule has 10 atom stereocenters. The molecular formula is C40H77N9O17P4. The lowest BCUT2D eigenvalue weighted by atomic mass is 10.2. The molecule has 6 fully saturated rings. The fourth-order valence-electron chi connectivity index (χ4n) is 8.25. The van der Waals surface area contributed by atoms with Crippen molar-refractivity contribution >= 4 is 48.9 Å². The number of phosphoric ester groups is 1. The van der Waals surface area contributed by atoms with E-state index in [1.54, 1.807) is 44.7 Å². The Balaban J connectivity index is 1.15. The number of aliphatic hydroxyl groups excluding tert-OH is 1. The van der Waals surface area contributed by atoms with Crippen molar-refractivity contribution in [2.24, 2.45) is 14.3 Å². The molecule has 0 bridgehead atoms. The lowest BCUT2D eigenvalue weighted by molar-refractivity contribution is -0.0144. The van der Waals surface area contributed by atoms with Gasteiger partial charge < -0.3 is 53.6 Å².